The second kappa shape index (κ2) is 9.48. The van der Waals surface area contributed by atoms with Crippen molar-refractivity contribution in [2.45, 2.75) is 116 Å². The van der Waals surface area contributed by atoms with Crippen LogP contribution in [0.5, 0.6) is 0 Å². The molecular weight excluding hydrogens is 493 g/mol. The van der Waals surface area contributed by atoms with Crippen LogP contribution in [-0.2, 0) is 0 Å². The number of thiazole rings is 2. The number of rotatable bonds is 8. The van der Waals surface area contributed by atoms with E-state index in [2.05, 4.69) is 83.1 Å². The maximum Gasteiger partial charge on any atom is 0.255 e. The highest BCUT2D eigenvalue weighted by molar-refractivity contribution is 7.35. The minimum atomic E-state index is -2.04. The predicted molar refractivity (Wildman–Crippen MR) is 153 cm³/mol. The molecule has 0 unspecified atom stereocenters. The van der Waals surface area contributed by atoms with Crippen molar-refractivity contribution in [1.29, 1.82) is 0 Å². The van der Waals surface area contributed by atoms with Gasteiger partial charge in [0.1, 0.15) is 27.5 Å². The van der Waals surface area contributed by atoms with Gasteiger partial charge in [-0.3, -0.25) is 9.59 Å². The molecular formula is C26H42N2O2S2Si2. The normalized spacial score (nSPS) is 15.0. The van der Waals surface area contributed by atoms with Crippen LogP contribution in [0.3, 0.4) is 0 Å². The maximum atomic E-state index is 13.3. The van der Waals surface area contributed by atoms with Crippen molar-refractivity contribution in [1.82, 2.24) is 9.97 Å². The Morgan fingerprint density at radius 1 is 0.500 bits per heavy atom. The van der Waals surface area contributed by atoms with Crippen molar-refractivity contribution < 1.29 is 9.59 Å². The molecule has 0 amide bonds. The zero-order valence-corrected chi connectivity index (χ0v) is 26.6. The summed E-state index contributed by atoms with van der Waals surface area (Å²) in [6.45, 7) is 27.7. The smallest absolute Gasteiger partial charge is 0.255 e. The first-order valence-electron chi connectivity index (χ1n) is 12.8. The van der Waals surface area contributed by atoms with Crippen molar-refractivity contribution in [2.24, 2.45) is 0 Å². The summed E-state index contributed by atoms with van der Waals surface area (Å²) in [5.74, 6) is -0.932. The van der Waals surface area contributed by atoms with E-state index in [1.165, 1.54) is 0 Å². The molecule has 0 aliphatic heterocycles. The van der Waals surface area contributed by atoms with E-state index in [1.807, 2.05) is 0 Å². The highest BCUT2D eigenvalue weighted by Crippen LogP contribution is 2.47. The number of aromatic nitrogens is 2. The summed E-state index contributed by atoms with van der Waals surface area (Å²) in [7, 11) is -4.08. The summed E-state index contributed by atoms with van der Waals surface area (Å²) in [5, 5.41) is 0. The average Bonchev–Trinajstić information content (AvgIpc) is 3.30. The molecule has 0 atom stereocenters. The van der Waals surface area contributed by atoms with E-state index < -0.39 is 27.7 Å². The number of carbonyl (C=O) groups is 2. The van der Waals surface area contributed by atoms with Crippen LogP contribution in [0.1, 0.15) is 104 Å². The van der Waals surface area contributed by atoms with Gasteiger partial charge in [-0.1, -0.05) is 83.1 Å². The lowest BCUT2D eigenvalue weighted by molar-refractivity contribution is 0.0810. The van der Waals surface area contributed by atoms with Gasteiger partial charge in [-0.25, -0.2) is 9.97 Å². The molecule has 1 aliphatic carbocycles. The van der Waals surface area contributed by atoms with Crippen LogP contribution < -0.4 is 9.26 Å². The summed E-state index contributed by atoms with van der Waals surface area (Å²) in [6.07, 6.45) is 0. The van der Waals surface area contributed by atoms with Crippen LogP contribution in [0.15, 0.2) is 0 Å². The lowest BCUT2D eigenvalue weighted by Gasteiger charge is -2.41. The van der Waals surface area contributed by atoms with Gasteiger partial charge >= 0.3 is 0 Å². The number of fused-ring (bicyclic) bond motifs is 3. The third-order valence-corrected chi connectivity index (χ3v) is 26.4. The maximum absolute atomic E-state index is 13.3. The Morgan fingerprint density at radius 2 is 0.735 bits per heavy atom. The van der Waals surface area contributed by atoms with Crippen molar-refractivity contribution in [3.63, 3.8) is 0 Å². The van der Waals surface area contributed by atoms with Crippen LogP contribution in [0.25, 0.3) is 9.75 Å². The molecule has 8 heteroatoms. The van der Waals surface area contributed by atoms with E-state index in [1.54, 1.807) is 22.7 Å². The van der Waals surface area contributed by atoms with Crippen molar-refractivity contribution >= 4 is 59.6 Å². The van der Waals surface area contributed by atoms with Crippen LogP contribution >= 0.6 is 22.7 Å². The van der Waals surface area contributed by atoms with Gasteiger partial charge in [0.25, 0.3) is 11.6 Å². The number of Topliss-reactive ketones (excluding diaryl/α,β-unsaturated/α-hetero) is 2. The fourth-order valence-electron chi connectivity index (χ4n) is 7.32. The molecule has 0 bridgehead atoms. The molecule has 2 aromatic rings. The monoisotopic (exact) mass is 534 g/mol. The molecule has 0 spiro atoms. The first kappa shape index (κ1) is 27.6. The lowest BCUT2D eigenvalue weighted by atomic mass is 10.0. The Morgan fingerprint density at radius 3 is 0.941 bits per heavy atom. The Labute approximate surface area is 216 Å². The van der Waals surface area contributed by atoms with Gasteiger partial charge in [-0.15, -0.1) is 22.7 Å². The summed E-state index contributed by atoms with van der Waals surface area (Å²) < 4.78 is 2.25. The van der Waals surface area contributed by atoms with Gasteiger partial charge in [-0.2, -0.15) is 0 Å². The van der Waals surface area contributed by atoms with E-state index in [-0.39, 0.29) is 0 Å². The lowest BCUT2D eigenvalue weighted by Crippen LogP contribution is -2.55. The number of ketones is 2. The highest BCUT2D eigenvalue weighted by atomic mass is 32.1. The molecule has 0 N–H and O–H groups in total. The number of carbonyl (C=O) groups excluding carboxylic acids is 2. The molecule has 34 heavy (non-hydrogen) atoms. The van der Waals surface area contributed by atoms with Crippen LogP contribution in [-0.4, -0.2) is 37.7 Å². The summed E-state index contributed by atoms with van der Waals surface area (Å²) in [6, 6.07) is 0. The summed E-state index contributed by atoms with van der Waals surface area (Å²) in [5.41, 5.74) is 3.72. The van der Waals surface area contributed by atoms with E-state index in [4.69, 9.17) is 9.97 Å². The zero-order chi connectivity index (χ0) is 25.9. The van der Waals surface area contributed by atoms with E-state index in [0.717, 1.165) is 19.0 Å². The zero-order valence-electron chi connectivity index (χ0n) is 23.0. The van der Waals surface area contributed by atoms with Gasteiger partial charge in [0.2, 0.25) is 0 Å². The fourth-order valence-corrected chi connectivity index (χ4v) is 26.9. The molecule has 2 aromatic heterocycles. The molecule has 0 saturated heterocycles. The Kier molecular flexibility index (Phi) is 7.70. The molecule has 4 nitrogen and oxygen atoms in total. The largest absolute Gasteiger partial charge is 0.283 e. The summed E-state index contributed by atoms with van der Waals surface area (Å²) >= 11 is 3.38. The van der Waals surface area contributed by atoms with Gasteiger partial charge < -0.3 is 0 Å². The third-order valence-electron chi connectivity index (χ3n) is 8.57. The molecule has 1 aliphatic rings. The van der Waals surface area contributed by atoms with Crippen molar-refractivity contribution in [2.75, 3.05) is 0 Å². The molecule has 3 rings (SSSR count). The Bertz CT molecular complexity index is 967. The average molecular weight is 535 g/mol. The second-order valence-electron chi connectivity index (χ2n) is 11.8. The number of hydrogen-bond donors (Lipinski definition) is 0. The molecule has 2 heterocycles. The van der Waals surface area contributed by atoms with E-state index >= 15 is 0 Å². The van der Waals surface area contributed by atoms with E-state index in [9.17, 15) is 9.59 Å². The topological polar surface area (TPSA) is 59.9 Å². The first-order chi connectivity index (χ1) is 15.7. The molecule has 0 fully saturated rings. The van der Waals surface area contributed by atoms with Gasteiger partial charge in [0.15, 0.2) is 0 Å². The standard InChI is InChI=1S/C26H42N2O2S2Si2/c1-13(2)33(14(3)4,15(5)6)25-27-19-21(29)22(30)20-24(23(19)31-25)32-26(28-20)34(16(7)8,17(9)10)18(11)12/h13-18H,1-12H3. The van der Waals surface area contributed by atoms with Crippen molar-refractivity contribution in [3.8, 4) is 9.75 Å². The molecule has 188 valence electrons. The Balaban J connectivity index is 2.32. The minimum absolute atomic E-state index is 0.387. The fraction of sp³-hybridized carbons (Fsp3) is 0.692. The Hall–Kier alpha value is -0.966. The van der Waals surface area contributed by atoms with Crippen molar-refractivity contribution in [3.05, 3.63) is 11.4 Å². The molecule has 0 saturated carbocycles. The number of hydrogen-bond acceptors (Lipinski definition) is 6. The van der Waals surface area contributed by atoms with Crippen LogP contribution in [0.2, 0.25) is 33.2 Å². The number of nitrogens with zero attached hydrogens (tertiary/aromatic N) is 2. The summed E-state index contributed by atoms with van der Waals surface area (Å²) in [4.78, 5) is 38.3. The van der Waals surface area contributed by atoms with Gasteiger partial charge in [-0.05, 0) is 33.2 Å². The molecule has 0 aromatic carbocycles. The third kappa shape index (κ3) is 3.70. The first-order valence-corrected chi connectivity index (χ1v) is 18.9. The SMILES string of the molecule is CC(C)[Si](c1nc2c(s1)-c1sc([Si](C(C)C)(C(C)C)C(C)C)nc1C(=O)C2=O)(C(C)C)C(C)C. The minimum Gasteiger partial charge on any atom is -0.283 e. The predicted octanol–water partition coefficient (Wildman–Crippen LogP) is 7.42. The van der Waals surface area contributed by atoms with Crippen LogP contribution in [0, 0.1) is 0 Å². The van der Waals surface area contributed by atoms with E-state index in [0.29, 0.717) is 44.6 Å². The van der Waals surface area contributed by atoms with Gasteiger partial charge in [0, 0.05) is 0 Å². The van der Waals surface area contributed by atoms with Crippen LogP contribution in [0.4, 0.5) is 0 Å². The quantitative estimate of drug-likeness (QED) is 0.261. The van der Waals surface area contributed by atoms with Gasteiger partial charge in [0.05, 0.1) is 19.0 Å². The molecule has 0 radical (unpaired) electrons. The highest BCUT2D eigenvalue weighted by Gasteiger charge is 2.51. The second-order valence-corrected chi connectivity index (χ2v) is 26.2.